The van der Waals surface area contributed by atoms with Gasteiger partial charge in [0.1, 0.15) is 25.7 Å². The number of nitrogens with one attached hydrogen (secondary N) is 1. The largest absolute Gasteiger partial charge is 0.468 e. The molecule has 0 spiro atoms. The number of hydrogen-bond acceptors (Lipinski definition) is 10. The number of carbonyl (C=O) groups is 2. The quantitative estimate of drug-likeness (QED) is 0.146. The fraction of sp³-hybridized carbons (Fsp3) is 0.294. The summed E-state index contributed by atoms with van der Waals surface area (Å²) in [7, 11) is 4.65. The summed E-state index contributed by atoms with van der Waals surface area (Å²) in [4.78, 5) is 61.7. The molecule has 4 aromatic rings. The van der Waals surface area contributed by atoms with Gasteiger partial charge in [0, 0.05) is 14.1 Å². The number of carbonyl (C=O) groups excluding carboxylic acids is 2. The average molecular weight is 444 g/mol. The molecule has 0 aliphatic heterocycles. The lowest BCUT2D eigenvalue weighted by atomic mass is 10.5. The fourth-order valence-electron chi connectivity index (χ4n) is 2.77. The Labute approximate surface area is 179 Å². The summed E-state index contributed by atoms with van der Waals surface area (Å²) in [5.74, 6) is 3.98. The highest BCUT2D eigenvalue weighted by Gasteiger charge is 2.11. The van der Waals surface area contributed by atoms with E-state index in [2.05, 4.69) is 24.7 Å². The molecule has 4 heterocycles. The minimum absolute atomic E-state index is 0.149. The number of imidazole rings is 2. The van der Waals surface area contributed by atoms with Crippen LogP contribution in [0.1, 0.15) is 0 Å². The number of nitrogens with zero attached hydrogens (tertiary/aromatic N) is 8. The van der Waals surface area contributed by atoms with Crippen LogP contribution in [-0.4, -0.2) is 57.2 Å². The zero-order chi connectivity index (χ0) is 23.4. The van der Waals surface area contributed by atoms with E-state index in [1.807, 2.05) is 5.43 Å². The van der Waals surface area contributed by atoms with Crippen molar-refractivity contribution in [2.24, 2.45) is 19.9 Å². The Morgan fingerprint density at radius 2 is 1.31 bits per heavy atom. The first-order valence-corrected chi connectivity index (χ1v) is 9.06. The second-order valence-corrected chi connectivity index (χ2v) is 6.55. The number of esters is 1. The molecule has 15 nitrogen and oxygen atoms in total. The number of ether oxygens (including phenoxy) is 1. The summed E-state index contributed by atoms with van der Waals surface area (Å²) in [6, 6.07) is 0. The Hall–Kier alpha value is -4.40. The number of nitrogens with two attached hydrogens (primary N) is 1. The van der Waals surface area contributed by atoms with Gasteiger partial charge in [-0.2, -0.15) is 0 Å². The van der Waals surface area contributed by atoms with Crippen LogP contribution in [0.5, 0.6) is 0 Å². The summed E-state index contributed by atoms with van der Waals surface area (Å²) in [5.41, 5.74) is 2.76. The number of fused-ring (bicyclic) bond motifs is 2. The van der Waals surface area contributed by atoms with Crippen LogP contribution in [0.2, 0.25) is 0 Å². The maximum atomic E-state index is 11.9. The predicted molar refractivity (Wildman–Crippen MR) is 110 cm³/mol. The molecule has 4 rings (SSSR count). The number of rotatable bonds is 4. The summed E-state index contributed by atoms with van der Waals surface area (Å²) < 4.78 is 9.97. The number of hydrazine groups is 1. The van der Waals surface area contributed by atoms with Crippen molar-refractivity contribution >= 4 is 34.2 Å². The highest BCUT2D eigenvalue weighted by atomic mass is 16.5. The summed E-state index contributed by atoms with van der Waals surface area (Å²) in [6.45, 7) is -0.313. The summed E-state index contributed by atoms with van der Waals surface area (Å²) in [6.07, 6.45) is 5.55. The molecule has 0 bridgehead atoms. The Morgan fingerprint density at radius 1 is 0.875 bits per heavy atom. The standard InChI is InChI=1S/C9H10N4O3.C8H10N6O2/c1-12-4-10-8-7(12)9(15)13(5-11-8)3-6(14)16-2;1-13-3-10-7-6(13)8(16)14(4-11-7)2-5(15)12-9/h4-5H,3H2,1-2H3;3-4H,2,9H2,1H3,(H,12,15). The molecule has 0 atom stereocenters. The van der Waals surface area contributed by atoms with Crippen LogP contribution in [0.3, 0.4) is 0 Å². The van der Waals surface area contributed by atoms with E-state index < -0.39 is 11.9 Å². The van der Waals surface area contributed by atoms with E-state index in [1.54, 1.807) is 23.2 Å². The first-order valence-electron chi connectivity index (χ1n) is 9.06. The van der Waals surface area contributed by atoms with Crippen LogP contribution in [0.25, 0.3) is 22.3 Å². The normalized spacial score (nSPS) is 10.6. The third-order valence-electron chi connectivity index (χ3n) is 4.40. The second kappa shape index (κ2) is 9.17. The minimum atomic E-state index is -0.495. The van der Waals surface area contributed by atoms with Crippen LogP contribution < -0.4 is 22.4 Å². The van der Waals surface area contributed by atoms with Gasteiger partial charge in [-0.15, -0.1) is 0 Å². The van der Waals surface area contributed by atoms with Crippen LogP contribution in [-0.2, 0) is 41.5 Å². The van der Waals surface area contributed by atoms with Gasteiger partial charge in [0.25, 0.3) is 17.0 Å². The number of amides is 1. The van der Waals surface area contributed by atoms with Gasteiger partial charge in [-0.05, 0) is 0 Å². The van der Waals surface area contributed by atoms with Gasteiger partial charge < -0.3 is 13.9 Å². The van der Waals surface area contributed by atoms with Crippen molar-refractivity contribution in [1.29, 1.82) is 0 Å². The monoisotopic (exact) mass is 444 g/mol. The van der Waals surface area contributed by atoms with Gasteiger partial charge >= 0.3 is 5.97 Å². The van der Waals surface area contributed by atoms with E-state index in [9.17, 15) is 19.2 Å². The maximum absolute atomic E-state index is 11.9. The molecular weight excluding hydrogens is 424 g/mol. The fourth-order valence-corrected chi connectivity index (χ4v) is 2.77. The third-order valence-corrected chi connectivity index (χ3v) is 4.40. The molecule has 0 aliphatic carbocycles. The molecular formula is C17H20N10O5. The van der Waals surface area contributed by atoms with Crippen molar-refractivity contribution in [1.82, 2.24) is 43.6 Å². The second-order valence-electron chi connectivity index (χ2n) is 6.55. The molecule has 32 heavy (non-hydrogen) atoms. The van der Waals surface area contributed by atoms with E-state index in [0.29, 0.717) is 22.3 Å². The number of methoxy groups -OCH3 is 1. The molecule has 0 aromatic carbocycles. The summed E-state index contributed by atoms with van der Waals surface area (Å²) >= 11 is 0. The molecule has 0 saturated carbocycles. The molecule has 0 radical (unpaired) electrons. The predicted octanol–water partition coefficient (Wildman–Crippen LogP) is -2.58. The number of hydrogen-bond donors (Lipinski definition) is 2. The van der Waals surface area contributed by atoms with Crippen LogP contribution in [0.15, 0.2) is 34.9 Å². The van der Waals surface area contributed by atoms with E-state index in [-0.39, 0.29) is 24.2 Å². The van der Waals surface area contributed by atoms with Crippen molar-refractivity contribution in [2.75, 3.05) is 7.11 Å². The minimum Gasteiger partial charge on any atom is -0.468 e. The Morgan fingerprint density at radius 3 is 1.75 bits per heavy atom. The summed E-state index contributed by atoms with van der Waals surface area (Å²) in [5, 5.41) is 0. The third kappa shape index (κ3) is 4.36. The first kappa shape index (κ1) is 22.3. The lowest BCUT2D eigenvalue weighted by Gasteiger charge is -2.03. The highest BCUT2D eigenvalue weighted by molar-refractivity contribution is 5.75. The van der Waals surface area contributed by atoms with Crippen molar-refractivity contribution in [2.45, 2.75) is 13.1 Å². The van der Waals surface area contributed by atoms with Gasteiger partial charge in [0.15, 0.2) is 22.3 Å². The van der Waals surface area contributed by atoms with Crippen LogP contribution in [0.4, 0.5) is 0 Å². The number of aryl methyl sites for hydroxylation is 2. The zero-order valence-electron chi connectivity index (χ0n) is 17.4. The average Bonchev–Trinajstić information content (AvgIpc) is 3.35. The van der Waals surface area contributed by atoms with Gasteiger partial charge in [-0.1, -0.05) is 0 Å². The van der Waals surface area contributed by atoms with Crippen molar-refractivity contribution < 1.29 is 14.3 Å². The van der Waals surface area contributed by atoms with Gasteiger partial charge in [0.2, 0.25) is 0 Å². The molecule has 0 saturated heterocycles. The molecule has 1 amide bonds. The van der Waals surface area contributed by atoms with E-state index in [0.717, 1.165) is 0 Å². The highest BCUT2D eigenvalue weighted by Crippen LogP contribution is 2.02. The van der Waals surface area contributed by atoms with E-state index in [1.165, 1.54) is 41.6 Å². The number of aromatic nitrogens is 8. The van der Waals surface area contributed by atoms with Gasteiger partial charge in [-0.3, -0.25) is 33.7 Å². The molecule has 0 unspecified atom stereocenters. The molecule has 4 aromatic heterocycles. The maximum Gasteiger partial charge on any atom is 0.325 e. The molecule has 168 valence electrons. The van der Waals surface area contributed by atoms with Crippen molar-refractivity contribution in [3.63, 3.8) is 0 Å². The topological polar surface area (TPSA) is 187 Å². The zero-order valence-corrected chi connectivity index (χ0v) is 17.4. The molecule has 3 N–H and O–H groups in total. The lowest BCUT2D eigenvalue weighted by Crippen LogP contribution is -2.36. The molecule has 15 heteroatoms. The molecule has 0 aliphatic rings. The Balaban J connectivity index is 0.000000181. The van der Waals surface area contributed by atoms with Crippen molar-refractivity contribution in [3.05, 3.63) is 46.0 Å². The first-order chi connectivity index (χ1) is 15.3. The van der Waals surface area contributed by atoms with E-state index in [4.69, 9.17) is 5.84 Å². The van der Waals surface area contributed by atoms with E-state index >= 15 is 0 Å². The van der Waals surface area contributed by atoms with Gasteiger partial charge in [0.05, 0.1) is 19.8 Å². The van der Waals surface area contributed by atoms with Crippen LogP contribution >= 0.6 is 0 Å². The lowest BCUT2D eigenvalue weighted by molar-refractivity contribution is -0.141. The Kier molecular flexibility index (Phi) is 6.39. The SMILES string of the molecule is COC(=O)Cn1cnc2ncn(C)c2c1=O.Cn1cnc2ncn(CC(=O)NN)c(=O)c21. The van der Waals surface area contributed by atoms with Crippen LogP contribution in [0, 0.1) is 0 Å². The van der Waals surface area contributed by atoms with Crippen molar-refractivity contribution in [3.8, 4) is 0 Å². The smallest absolute Gasteiger partial charge is 0.325 e. The van der Waals surface area contributed by atoms with Gasteiger partial charge in [-0.25, -0.2) is 25.8 Å². The molecule has 0 fully saturated rings. The Bertz CT molecular complexity index is 1300.